The molecular weight excluding hydrogens is 300 g/mol. The van der Waals surface area contributed by atoms with Crippen LogP contribution in [0, 0.1) is 0 Å². The van der Waals surface area contributed by atoms with Crippen LogP contribution in [0.3, 0.4) is 0 Å². The van der Waals surface area contributed by atoms with Crippen LogP contribution < -0.4 is 10.2 Å². The predicted octanol–water partition coefficient (Wildman–Crippen LogP) is 3.63. The molecular formula is C20H28N2O2. The van der Waals surface area contributed by atoms with Crippen molar-refractivity contribution in [1.29, 1.82) is 0 Å². The summed E-state index contributed by atoms with van der Waals surface area (Å²) < 4.78 is 5.54. The summed E-state index contributed by atoms with van der Waals surface area (Å²) in [4.78, 5) is 5.66. The van der Waals surface area contributed by atoms with E-state index in [1.165, 1.54) is 11.1 Å². The second kappa shape index (κ2) is 10.8. The van der Waals surface area contributed by atoms with Crippen molar-refractivity contribution in [3.63, 3.8) is 0 Å². The van der Waals surface area contributed by atoms with Crippen LogP contribution in [0.5, 0.6) is 5.75 Å². The topological polar surface area (TPSA) is 33.7 Å². The van der Waals surface area contributed by atoms with Gasteiger partial charge >= 0.3 is 0 Å². The monoisotopic (exact) mass is 328 g/mol. The number of nitrogens with one attached hydrogen (secondary N) is 1. The molecule has 0 heterocycles. The van der Waals surface area contributed by atoms with Gasteiger partial charge in [0.25, 0.3) is 0 Å². The minimum absolute atomic E-state index is 0.654. The van der Waals surface area contributed by atoms with Crippen LogP contribution in [0.4, 0.5) is 0 Å². The number of hydrogen-bond donors (Lipinski definition) is 1. The molecule has 0 unspecified atom stereocenters. The minimum atomic E-state index is 0.654. The SMILES string of the molecule is CCOc1cccc(CCNN(CCc2ccccc2)OCC)c1. The summed E-state index contributed by atoms with van der Waals surface area (Å²) in [6.07, 6.45) is 1.88. The molecule has 0 atom stereocenters. The number of benzene rings is 2. The van der Waals surface area contributed by atoms with Crippen LogP contribution >= 0.6 is 0 Å². The predicted molar refractivity (Wildman–Crippen MR) is 97.8 cm³/mol. The molecule has 0 spiro atoms. The lowest BCUT2D eigenvalue weighted by Gasteiger charge is -2.22. The zero-order valence-corrected chi connectivity index (χ0v) is 14.7. The quantitative estimate of drug-likeness (QED) is 0.639. The second-order valence-electron chi connectivity index (χ2n) is 5.49. The number of hydroxylamine groups is 1. The lowest BCUT2D eigenvalue weighted by Crippen LogP contribution is -2.40. The molecule has 2 rings (SSSR count). The summed E-state index contributed by atoms with van der Waals surface area (Å²) in [6.45, 7) is 6.99. The maximum atomic E-state index is 5.66. The van der Waals surface area contributed by atoms with E-state index >= 15 is 0 Å². The Bertz CT molecular complexity index is 575. The smallest absolute Gasteiger partial charge is 0.119 e. The van der Waals surface area contributed by atoms with Gasteiger partial charge in [0.05, 0.1) is 13.2 Å². The largest absolute Gasteiger partial charge is 0.494 e. The highest BCUT2D eigenvalue weighted by Crippen LogP contribution is 2.13. The molecule has 0 saturated heterocycles. The summed E-state index contributed by atoms with van der Waals surface area (Å²) in [5.74, 6) is 0.931. The second-order valence-corrected chi connectivity index (χ2v) is 5.49. The van der Waals surface area contributed by atoms with Gasteiger partial charge in [0.1, 0.15) is 5.75 Å². The summed E-state index contributed by atoms with van der Waals surface area (Å²) in [5.41, 5.74) is 5.93. The van der Waals surface area contributed by atoms with Crippen molar-refractivity contribution in [1.82, 2.24) is 10.6 Å². The Morgan fingerprint density at radius 1 is 0.875 bits per heavy atom. The van der Waals surface area contributed by atoms with Crippen molar-refractivity contribution < 1.29 is 9.57 Å². The Labute approximate surface area is 145 Å². The van der Waals surface area contributed by atoms with Gasteiger partial charge in [0, 0.05) is 13.1 Å². The molecule has 0 amide bonds. The summed E-state index contributed by atoms with van der Waals surface area (Å²) in [7, 11) is 0. The first-order valence-corrected chi connectivity index (χ1v) is 8.71. The van der Waals surface area contributed by atoms with Crippen LogP contribution in [-0.4, -0.2) is 31.5 Å². The molecule has 24 heavy (non-hydrogen) atoms. The third-order valence-corrected chi connectivity index (χ3v) is 3.64. The van der Waals surface area contributed by atoms with Crippen molar-refractivity contribution in [2.24, 2.45) is 0 Å². The van der Waals surface area contributed by atoms with E-state index in [1.807, 2.05) is 37.2 Å². The van der Waals surface area contributed by atoms with Crippen molar-refractivity contribution >= 4 is 0 Å². The number of ether oxygens (including phenoxy) is 1. The normalized spacial score (nSPS) is 11.0. The van der Waals surface area contributed by atoms with Gasteiger partial charge in [-0.15, -0.1) is 5.17 Å². The van der Waals surface area contributed by atoms with E-state index in [4.69, 9.17) is 9.57 Å². The molecule has 2 aromatic carbocycles. The van der Waals surface area contributed by atoms with Crippen molar-refractivity contribution in [3.05, 3.63) is 65.7 Å². The third kappa shape index (κ3) is 6.71. The summed E-state index contributed by atoms with van der Waals surface area (Å²) in [5, 5.41) is 1.85. The van der Waals surface area contributed by atoms with Gasteiger partial charge in [-0.25, -0.2) is 5.43 Å². The van der Waals surface area contributed by atoms with E-state index < -0.39 is 0 Å². The Morgan fingerprint density at radius 2 is 1.67 bits per heavy atom. The summed E-state index contributed by atoms with van der Waals surface area (Å²) in [6, 6.07) is 18.7. The average Bonchev–Trinajstić information content (AvgIpc) is 2.61. The van der Waals surface area contributed by atoms with Gasteiger partial charge < -0.3 is 4.74 Å². The number of hydrazine groups is 1. The van der Waals surface area contributed by atoms with E-state index in [2.05, 4.69) is 41.8 Å². The van der Waals surface area contributed by atoms with E-state index in [0.717, 1.165) is 31.7 Å². The number of rotatable bonds is 11. The molecule has 0 aromatic heterocycles. The van der Waals surface area contributed by atoms with Crippen molar-refractivity contribution in [2.45, 2.75) is 26.7 Å². The van der Waals surface area contributed by atoms with Gasteiger partial charge in [-0.05, 0) is 49.9 Å². The molecule has 1 N–H and O–H groups in total. The third-order valence-electron chi connectivity index (χ3n) is 3.64. The first kappa shape index (κ1) is 18.5. The molecule has 130 valence electrons. The zero-order chi connectivity index (χ0) is 17.0. The highest BCUT2D eigenvalue weighted by Gasteiger charge is 2.05. The van der Waals surface area contributed by atoms with E-state index in [-0.39, 0.29) is 0 Å². The molecule has 0 fully saturated rings. The molecule has 2 aromatic rings. The van der Waals surface area contributed by atoms with Gasteiger partial charge in [0.2, 0.25) is 0 Å². The van der Waals surface area contributed by atoms with E-state index in [1.54, 1.807) is 0 Å². The number of nitrogens with zero attached hydrogens (tertiary/aromatic N) is 1. The molecule has 0 aliphatic heterocycles. The lowest BCUT2D eigenvalue weighted by atomic mass is 10.1. The van der Waals surface area contributed by atoms with Crippen LogP contribution in [0.15, 0.2) is 54.6 Å². The zero-order valence-electron chi connectivity index (χ0n) is 14.7. The van der Waals surface area contributed by atoms with Crippen LogP contribution in [-0.2, 0) is 17.7 Å². The summed E-state index contributed by atoms with van der Waals surface area (Å²) >= 11 is 0. The van der Waals surface area contributed by atoms with Crippen LogP contribution in [0.25, 0.3) is 0 Å². The lowest BCUT2D eigenvalue weighted by molar-refractivity contribution is -0.191. The van der Waals surface area contributed by atoms with Gasteiger partial charge in [-0.3, -0.25) is 4.84 Å². The van der Waals surface area contributed by atoms with Crippen molar-refractivity contribution in [2.75, 3.05) is 26.3 Å². The van der Waals surface area contributed by atoms with Crippen LogP contribution in [0.1, 0.15) is 25.0 Å². The fourth-order valence-electron chi connectivity index (χ4n) is 2.50. The molecule has 4 nitrogen and oxygen atoms in total. The fraction of sp³-hybridized carbons (Fsp3) is 0.400. The Balaban J connectivity index is 1.77. The molecule has 0 saturated carbocycles. The van der Waals surface area contributed by atoms with Crippen LogP contribution in [0.2, 0.25) is 0 Å². The Morgan fingerprint density at radius 3 is 2.42 bits per heavy atom. The minimum Gasteiger partial charge on any atom is -0.494 e. The molecule has 0 aliphatic rings. The number of hydrogen-bond acceptors (Lipinski definition) is 4. The molecule has 0 bridgehead atoms. The van der Waals surface area contributed by atoms with Gasteiger partial charge in [-0.1, -0.05) is 42.5 Å². The average molecular weight is 328 g/mol. The van der Waals surface area contributed by atoms with Gasteiger partial charge in [-0.2, -0.15) is 0 Å². The highest BCUT2D eigenvalue weighted by atomic mass is 16.7. The molecule has 0 aliphatic carbocycles. The molecule has 4 heteroatoms. The first-order chi connectivity index (χ1) is 11.8. The standard InChI is InChI=1S/C20H28N2O2/c1-3-23-20-12-8-11-19(17-20)13-15-21-22(24-4-2)16-14-18-9-6-5-7-10-18/h5-12,17,21H,3-4,13-16H2,1-2H3. The Hall–Kier alpha value is -1.88. The Kier molecular flexibility index (Phi) is 8.32. The maximum Gasteiger partial charge on any atom is 0.119 e. The maximum absolute atomic E-state index is 5.66. The molecule has 0 radical (unpaired) electrons. The van der Waals surface area contributed by atoms with Crippen molar-refractivity contribution in [3.8, 4) is 5.75 Å². The first-order valence-electron chi connectivity index (χ1n) is 8.71. The fourth-order valence-corrected chi connectivity index (χ4v) is 2.50. The van der Waals surface area contributed by atoms with E-state index in [0.29, 0.717) is 13.2 Å². The van der Waals surface area contributed by atoms with Gasteiger partial charge in [0.15, 0.2) is 0 Å². The highest BCUT2D eigenvalue weighted by molar-refractivity contribution is 5.28. The van der Waals surface area contributed by atoms with E-state index in [9.17, 15) is 0 Å².